The van der Waals surface area contributed by atoms with E-state index in [9.17, 15) is 0 Å². The summed E-state index contributed by atoms with van der Waals surface area (Å²) in [6.45, 7) is 7.41. The van der Waals surface area contributed by atoms with Gasteiger partial charge in [0.1, 0.15) is 0 Å². The van der Waals surface area contributed by atoms with Gasteiger partial charge in [-0.15, -0.1) is 0 Å². The van der Waals surface area contributed by atoms with Crippen molar-refractivity contribution >= 4 is 11.6 Å². The SMILES string of the molecule is CCCCn1ccnc1Nc1cnn(C(C)C)c1. The van der Waals surface area contributed by atoms with Crippen LogP contribution in [-0.2, 0) is 6.54 Å². The zero-order valence-electron chi connectivity index (χ0n) is 11.3. The number of anilines is 2. The first kappa shape index (κ1) is 12.7. The molecule has 0 radical (unpaired) electrons. The zero-order chi connectivity index (χ0) is 13.0. The van der Waals surface area contributed by atoms with Crippen LogP contribution in [0.25, 0.3) is 0 Å². The lowest BCUT2D eigenvalue weighted by molar-refractivity contribution is 0.532. The standard InChI is InChI=1S/C13H21N5/c1-4-5-7-17-8-6-14-13(17)16-12-9-15-18(10-12)11(2)3/h6,8-11H,4-5,7H2,1-3H3,(H,14,16). The van der Waals surface area contributed by atoms with Crippen LogP contribution in [0.2, 0.25) is 0 Å². The highest BCUT2D eigenvalue weighted by atomic mass is 15.3. The Morgan fingerprint density at radius 3 is 2.89 bits per heavy atom. The molecular formula is C13H21N5. The van der Waals surface area contributed by atoms with Gasteiger partial charge in [0, 0.05) is 31.2 Å². The average molecular weight is 247 g/mol. The Balaban J connectivity index is 2.06. The Morgan fingerprint density at radius 2 is 2.22 bits per heavy atom. The van der Waals surface area contributed by atoms with Gasteiger partial charge in [0.2, 0.25) is 5.95 Å². The van der Waals surface area contributed by atoms with Crippen molar-refractivity contribution < 1.29 is 0 Å². The summed E-state index contributed by atoms with van der Waals surface area (Å²) in [5.41, 5.74) is 0.979. The number of unbranched alkanes of at least 4 members (excludes halogenated alkanes) is 1. The molecule has 1 N–H and O–H groups in total. The van der Waals surface area contributed by atoms with E-state index in [1.165, 1.54) is 6.42 Å². The van der Waals surface area contributed by atoms with E-state index in [1.807, 2.05) is 29.5 Å². The highest BCUT2D eigenvalue weighted by Gasteiger charge is 2.05. The summed E-state index contributed by atoms with van der Waals surface area (Å²) >= 11 is 0. The second-order valence-corrected chi connectivity index (χ2v) is 4.73. The molecular weight excluding hydrogens is 226 g/mol. The average Bonchev–Trinajstić information content (AvgIpc) is 2.96. The van der Waals surface area contributed by atoms with Crippen LogP contribution in [0.3, 0.4) is 0 Å². The minimum Gasteiger partial charge on any atom is -0.323 e. The van der Waals surface area contributed by atoms with Crippen LogP contribution in [0.5, 0.6) is 0 Å². The zero-order valence-corrected chi connectivity index (χ0v) is 11.3. The van der Waals surface area contributed by atoms with Gasteiger partial charge in [-0.3, -0.25) is 4.68 Å². The summed E-state index contributed by atoms with van der Waals surface area (Å²) in [6, 6.07) is 0.375. The van der Waals surface area contributed by atoms with E-state index in [4.69, 9.17) is 0 Å². The first-order chi connectivity index (χ1) is 8.70. The van der Waals surface area contributed by atoms with E-state index in [-0.39, 0.29) is 0 Å². The molecule has 98 valence electrons. The molecule has 0 saturated carbocycles. The van der Waals surface area contributed by atoms with Gasteiger partial charge >= 0.3 is 0 Å². The Morgan fingerprint density at radius 1 is 1.39 bits per heavy atom. The lowest BCUT2D eigenvalue weighted by atomic mass is 10.3. The number of hydrogen-bond donors (Lipinski definition) is 1. The second kappa shape index (κ2) is 5.71. The number of aromatic nitrogens is 4. The summed E-state index contributed by atoms with van der Waals surface area (Å²) < 4.78 is 4.07. The molecule has 2 aromatic rings. The van der Waals surface area contributed by atoms with Gasteiger partial charge in [0.05, 0.1) is 11.9 Å². The summed E-state index contributed by atoms with van der Waals surface area (Å²) in [5.74, 6) is 0.881. The maximum atomic E-state index is 4.33. The summed E-state index contributed by atoms with van der Waals surface area (Å²) in [4.78, 5) is 4.33. The molecule has 0 bridgehead atoms. The fourth-order valence-corrected chi connectivity index (χ4v) is 1.76. The Labute approximate surface area is 108 Å². The third-order valence-electron chi connectivity index (χ3n) is 2.85. The van der Waals surface area contributed by atoms with Gasteiger partial charge < -0.3 is 9.88 Å². The molecule has 0 amide bonds. The maximum absolute atomic E-state index is 4.33. The lowest BCUT2D eigenvalue weighted by Gasteiger charge is -2.07. The molecule has 0 spiro atoms. The van der Waals surface area contributed by atoms with Gasteiger partial charge in [0.15, 0.2) is 0 Å². The van der Waals surface area contributed by atoms with Crippen molar-refractivity contribution in [1.29, 1.82) is 0 Å². The van der Waals surface area contributed by atoms with E-state index in [0.717, 1.165) is 24.6 Å². The van der Waals surface area contributed by atoms with Crippen LogP contribution in [0.4, 0.5) is 11.6 Å². The number of nitrogens with one attached hydrogen (secondary N) is 1. The number of rotatable bonds is 6. The number of nitrogens with zero attached hydrogens (tertiary/aromatic N) is 4. The third-order valence-corrected chi connectivity index (χ3v) is 2.85. The van der Waals surface area contributed by atoms with E-state index in [0.29, 0.717) is 6.04 Å². The smallest absolute Gasteiger partial charge is 0.207 e. The second-order valence-electron chi connectivity index (χ2n) is 4.73. The van der Waals surface area contributed by atoms with Crippen molar-refractivity contribution in [2.75, 3.05) is 5.32 Å². The molecule has 0 aromatic carbocycles. The predicted molar refractivity (Wildman–Crippen MR) is 73.0 cm³/mol. The van der Waals surface area contributed by atoms with Crippen molar-refractivity contribution in [3.8, 4) is 0 Å². The van der Waals surface area contributed by atoms with Crippen LogP contribution in [-0.4, -0.2) is 19.3 Å². The van der Waals surface area contributed by atoms with Crippen molar-refractivity contribution in [2.24, 2.45) is 0 Å². The lowest BCUT2D eigenvalue weighted by Crippen LogP contribution is -2.03. The molecule has 2 aromatic heterocycles. The fourth-order valence-electron chi connectivity index (χ4n) is 1.76. The van der Waals surface area contributed by atoms with Crippen LogP contribution >= 0.6 is 0 Å². The van der Waals surface area contributed by atoms with Crippen molar-refractivity contribution in [1.82, 2.24) is 19.3 Å². The van der Waals surface area contributed by atoms with Crippen LogP contribution in [0, 0.1) is 0 Å². The Bertz CT molecular complexity index is 483. The number of aryl methyl sites for hydroxylation is 1. The summed E-state index contributed by atoms with van der Waals surface area (Å²) in [5, 5.41) is 7.61. The monoisotopic (exact) mass is 247 g/mol. The van der Waals surface area contributed by atoms with Crippen molar-refractivity contribution in [3.05, 3.63) is 24.8 Å². The van der Waals surface area contributed by atoms with Crippen molar-refractivity contribution in [2.45, 2.75) is 46.2 Å². The molecule has 5 heteroatoms. The Kier molecular flexibility index (Phi) is 4.02. The van der Waals surface area contributed by atoms with E-state index in [2.05, 4.69) is 40.7 Å². The summed E-state index contributed by atoms with van der Waals surface area (Å²) in [7, 11) is 0. The summed E-state index contributed by atoms with van der Waals surface area (Å²) in [6.07, 6.45) is 10.0. The van der Waals surface area contributed by atoms with E-state index >= 15 is 0 Å². The van der Waals surface area contributed by atoms with Crippen LogP contribution in [0.1, 0.15) is 39.7 Å². The van der Waals surface area contributed by atoms with E-state index < -0.39 is 0 Å². The minimum atomic E-state index is 0.375. The Hall–Kier alpha value is -1.78. The molecule has 0 aliphatic heterocycles. The maximum Gasteiger partial charge on any atom is 0.207 e. The number of hydrogen-bond acceptors (Lipinski definition) is 3. The molecule has 2 rings (SSSR count). The first-order valence-corrected chi connectivity index (χ1v) is 6.53. The molecule has 0 atom stereocenters. The van der Waals surface area contributed by atoms with E-state index in [1.54, 1.807) is 0 Å². The fraction of sp³-hybridized carbons (Fsp3) is 0.538. The van der Waals surface area contributed by atoms with Gasteiger partial charge in [-0.1, -0.05) is 13.3 Å². The first-order valence-electron chi connectivity index (χ1n) is 6.53. The molecule has 2 heterocycles. The molecule has 0 fully saturated rings. The highest BCUT2D eigenvalue weighted by Crippen LogP contribution is 2.16. The normalized spacial score (nSPS) is 11.1. The van der Waals surface area contributed by atoms with Crippen LogP contribution in [0.15, 0.2) is 24.8 Å². The molecule has 18 heavy (non-hydrogen) atoms. The van der Waals surface area contributed by atoms with Gasteiger partial charge in [-0.05, 0) is 20.3 Å². The largest absolute Gasteiger partial charge is 0.323 e. The number of imidazole rings is 1. The van der Waals surface area contributed by atoms with Gasteiger partial charge in [-0.25, -0.2) is 4.98 Å². The van der Waals surface area contributed by atoms with Gasteiger partial charge in [0.25, 0.3) is 0 Å². The van der Waals surface area contributed by atoms with Crippen molar-refractivity contribution in [3.63, 3.8) is 0 Å². The van der Waals surface area contributed by atoms with Crippen LogP contribution < -0.4 is 5.32 Å². The quantitative estimate of drug-likeness (QED) is 0.852. The molecule has 0 unspecified atom stereocenters. The molecule has 0 aliphatic rings. The van der Waals surface area contributed by atoms with Gasteiger partial charge in [-0.2, -0.15) is 5.10 Å². The molecule has 0 aliphatic carbocycles. The minimum absolute atomic E-state index is 0.375. The highest BCUT2D eigenvalue weighted by molar-refractivity contribution is 5.50. The molecule has 5 nitrogen and oxygen atoms in total. The third kappa shape index (κ3) is 2.91. The molecule has 0 saturated heterocycles. The predicted octanol–water partition coefficient (Wildman–Crippen LogP) is 3.20. The topological polar surface area (TPSA) is 47.7 Å².